The van der Waals surface area contributed by atoms with Crippen molar-refractivity contribution in [3.63, 3.8) is 0 Å². The average molecular weight is 371 g/mol. The largest absolute Gasteiger partial charge is 0.358 e. The van der Waals surface area contributed by atoms with Crippen LogP contribution in [0.1, 0.15) is 42.9 Å². The summed E-state index contributed by atoms with van der Waals surface area (Å²) in [5.41, 5.74) is 2.57. The first-order valence-corrected chi connectivity index (χ1v) is 10.2. The van der Waals surface area contributed by atoms with Crippen molar-refractivity contribution in [2.45, 2.75) is 50.5 Å². The lowest BCUT2D eigenvalue weighted by Crippen LogP contribution is -2.12. The Hall–Kier alpha value is -2.41. The zero-order valence-corrected chi connectivity index (χ0v) is 15.7. The highest BCUT2D eigenvalue weighted by atomic mass is 32.2. The van der Waals surface area contributed by atoms with Gasteiger partial charge in [0.15, 0.2) is 5.65 Å². The first-order chi connectivity index (χ1) is 12.4. The minimum atomic E-state index is -3.92. The van der Waals surface area contributed by atoms with E-state index in [2.05, 4.69) is 10.1 Å². The molecular formula is C19H21N3O3S. The average Bonchev–Trinajstić information content (AvgIpc) is 3.23. The van der Waals surface area contributed by atoms with Crippen LogP contribution in [-0.2, 0) is 10.1 Å². The van der Waals surface area contributed by atoms with Crippen LogP contribution >= 0.6 is 0 Å². The fourth-order valence-corrected chi connectivity index (χ4v) is 4.35. The number of aryl methyl sites for hydroxylation is 2. The summed E-state index contributed by atoms with van der Waals surface area (Å²) >= 11 is 0. The van der Waals surface area contributed by atoms with Crippen molar-refractivity contribution < 1.29 is 12.6 Å². The van der Waals surface area contributed by atoms with Gasteiger partial charge in [-0.3, -0.25) is 0 Å². The van der Waals surface area contributed by atoms with Gasteiger partial charge in [0.05, 0.1) is 12.2 Å². The molecule has 2 aromatic heterocycles. The SMILES string of the molecule is Cc1ccc(S(=O)(=O)Oc2cc(C)c3cnn(C4CCCC4)c3n2)cc1. The summed E-state index contributed by atoms with van der Waals surface area (Å²) in [7, 11) is -3.92. The van der Waals surface area contributed by atoms with Gasteiger partial charge in [0.1, 0.15) is 4.90 Å². The van der Waals surface area contributed by atoms with Crippen molar-refractivity contribution >= 4 is 21.2 Å². The molecule has 2 heterocycles. The summed E-state index contributed by atoms with van der Waals surface area (Å²) in [6.45, 7) is 3.82. The molecule has 0 N–H and O–H groups in total. The van der Waals surface area contributed by atoms with Crippen LogP contribution in [0.3, 0.4) is 0 Å². The van der Waals surface area contributed by atoms with Gasteiger partial charge in [0.25, 0.3) is 0 Å². The van der Waals surface area contributed by atoms with Crippen LogP contribution in [0.4, 0.5) is 0 Å². The Morgan fingerprint density at radius 3 is 2.50 bits per heavy atom. The molecule has 1 aromatic carbocycles. The fourth-order valence-electron chi connectivity index (χ4n) is 3.47. The van der Waals surface area contributed by atoms with Crippen molar-refractivity contribution in [2.24, 2.45) is 0 Å². The molecule has 1 aliphatic carbocycles. The van der Waals surface area contributed by atoms with Gasteiger partial charge in [-0.05, 0) is 44.4 Å². The molecule has 0 atom stereocenters. The molecule has 7 heteroatoms. The Labute approximate surface area is 152 Å². The molecule has 136 valence electrons. The van der Waals surface area contributed by atoms with Crippen molar-refractivity contribution in [3.05, 3.63) is 47.7 Å². The molecule has 0 unspecified atom stereocenters. The van der Waals surface area contributed by atoms with Crippen molar-refractivity contribution in [3.8, 4) is 5.88 Å². The molecule has 26 heavy (non-hydrogen) atoms. The zero-order chi connectivity index (χ0) is 18.3. The second kappa shape index (κ2) is 6.39. The maximum Gasteiger partial charge on any atom is 0.340 e. The predicted octanol–water partition coefficient (Wildman–Crippen LogP) is 3.93. The summed E-state index contributed by atoms with van der Waals surface area (Å²) in [6.07, 6.45) is 6.31. The number of pyridine rings is 1. The zero-order valence-electron chi connectivity index (χ0n) is 14.8. The number of fused-ring (bicyclic) bond motifs is 1. The first-order valence-electron chi connectivity index (χ1n) is 8.80. The molecule has 1 fully saturated rings. The molecule has 0 amide bonds. The van der Waals surface area contributed by atoms with E-state index in [-0.39, 0.29) is 10.8 Å². The molecular weight excluding hydrogens is 350 g/mol. The van der Waals surface area contributed by atoms with Gasteiger partial charge in [-0.15, -0.1) is 0 Å². The molecule has 3 aromatic rings. The van der Waals surface area contributed by atoms with Gasteiger partial charge in [-0.2, -0.15) is 18.5 Å². The fraction of sp³-hybridized carbons (Fsp3) is 0.368. The maximum absolute atomic E-state index is 12.6. The standard InChI is InChI=1S/C19H21N3O3S/c1-13-7-9-16(10-8-13)26(23,24)25-18-11-14(2)17-12-20-22(19(17)21-18)15-5-3-4-6-15/h7-12,15H,3-6H2,1-2H3. The quantitative estimate of drug-likeness (QED) is 0.650. The summed E-state index contributed by atoms with van der Waals surface area (Å²) in [5.74, 6) is 0.0790. The van der Waals surface area contributed by atoms with E-state index in [4.69, 9.17) is 4.18 Å². The van der Waals surface area contributed by atoms with Gasteiger partial charge in [0.2, 0.25) is 5.88 Å². The second-order valence-electron chi connectivity index (χ2n) is 6.89. The van der Waals surface area contributed by atoms with Crippen molar-refractivity contribution in [1.29, 1.82) is 0 Å². The predicted molar refractivity (Wildman–Crippen MR) is 98.8 cm³/mol. The Bertz CT molecular complexity index is 1050. The van der Waals surface area contributed by atoms with Crippen LogP contribution in [0.5, 0.6) is 5.88 Å². The number of rotatable bonds is 4. The summed E-state index contributed by atoms with van der Waals surface area (Å²) in [6, 6.07) is 8.54. The number of hydrogen-bond acceptors (Lipinski definition) is 5. The van der Waals surface area contributed by atoms with Gasteiger partial charge in [0, 0.05) is 11.5 Å². The van der Waals surface area contributed by atoms with E-state index < -0.39 is 10.1 Å². The molecule has 0 aliphatic heterocycles. The summed E-state index contributed by atoms with van der Waals surface area (Å²) < 4.78 is 32.4. The van der Waals surface area contributed by atoms with Crippen LogP contribution in [-0.4, -0.2) is 23.2 Å². The number of aromatic nitrogens is 3. The minimum Gasteiger partial charge on any atom is -0.358 e. The van der Waals surface area contributed by atoms with E-state index in [0.29, 0.717) is 11.7 Å². The Morgan fingerprint density at radius 1 is 1.12 bits per heavy atom. The highest BCUT2D eigenvalue weighted by molar-refractivity contribution is 7.87. The van der Waals surface area contributed by atoms with Gasteiger partial charge < -0.3 is 4.18 Å². The smallest absolute Gasteiger partial charge is 0.340 e. The third-order valence-electron chi connectivity index (χ3n) is 4.93. The summed E-state index contributed by atoms with van der Waals surface area (Å²) in [5, 5.41) is 5.42. The van der Waals surface area contributed by atoms with Crippen LogP contribution in [0.15, 0.2) is 41.4 Å². The third kappa shape index (κ3) is 3.07. The molecule has 1 aliphatic rings. The molecule has 4 rings (SSSR count). The molecule has 0 bridgehead atoms. The van der Waals surface area contributed by atoms with Crippen LogP contribution in [0.25, 0.3) is 11.0 Å². The lowest BCUT2D eigenvalue weighted by molar-refractivity contribution is 0.466. The molecule has 0 radical (unpaired) electrons. The Morgan fingerprint density at radius 2 is 1.81 bits per heavy atom. The topological polar surface area (TPSA) is 74.1 Å². The highest BCUT2D eigenvalue weighted by Crippen LogP contribution is 2.32. The van der Waals surface area contributed by atoms with E-state index >= 15 is 0 Å². The maximum atomic E-state index is 12.6. The van der Waals surface area contributed by atoms with Gasteiger partial charge in [-0.1, -0.05) is 30.5 Å². The van der Waals surface area contributed by atoms with E-state index in [0.717, 1.165) is 29.4 Å². The van der Waals surface area contributed by atoms with Crippen LogP contribution in [0.2, 0.25) is 0 Å². The Balaban J connectivity index is 1.72. The van der Waals surface area contributed by atoms with E-state index in [9.17, 15) is 8.42 Å². The summed E-state index contributed by atoms with van der Waals surface area (Å²) in [4.78, 5) is 4.59. The normalized spacial score (nSPS) is 15.6. The minimum absolute atomic E-state index is 0.0790. The van der Waals surface area contributed by atoms with Crippen LogP contribution < -0.4 is 4.18 Å². The molecule has 0 spiro atoms. The van der Waals surface area contributed by atoms with E-state index in [1.54, 1.807) is 36.5 Å². The first kappa shape index (κ1) is 17.0. The van der Waals surface area contributed by atoms with E-state index in [1.165, 1.54) is 12.8 Å². The number of benzene rings is 1. The van der Waals surface area contributed by atoms with Crippen molar-refractivity contribution in [2.75, 3.05) is 0 Å². The lowest BCUT2D eigenvalue weighted by atomic mass is 10.2. The third-order valence-corrected chi connectivity index (χ3v) is 6.17. The number of nitrogens with zero attached hydrogens (tertiary/aromatic N) is 3. The number of hydrogen-bond donors (Lipinski definition) is 0. The molecule has 1 saturated carbocycles. The monoisotopic (exact) mass is 371 g/mol. The van der Waals surface area contributed by atoms with E-state index in [1.807, 2.05) is 18.5 Å². The Kier molecular flexibility index (Phi) is 4.19. The lowest BCUT2D eigenvalue weighted by Gasteiger charge is -2.12. The van der Waals surface area contributed by atoms with Gasteiger partial charge >= 0.3 is 10.1 Å². The van der Waals surface area contributed by atoms with Crippen LogP contribution in [0, 0.1) is 13.8 Å². The second-order valence-corrected chi connectivity index (χ2v) is 8.44. The van der Waals surface area contributed by atoms with Gasteiger partial charge in [-0.25, -0.2) is 4.68 Å². The highest BCUT2D eigenvalue weighted by Gasteiger charge is 2.23. The molecule has 0 saturated heterocycles. The molecule has 6 nitrogen and oxygen atoms in total. The van der Waals surface area contributed by atoms with Crippen molar-refractivity contribution in [1.82, 2.24) is 14.8 Å².